The average Bonchev–Trinajstić information content (AvgIpc) is 3.02. The molecule has 4 nitrogen and oxygen atoms in total. The molecule has 0 spiro atoms. The minimum Gasteiger partial charge on any atom is -0.507 e. The van der Waals surface area contributed by atoms with Crippen LogP contribution in [0.15, 0.2) is 42.5 Å². The predicted octanol–water partition coefficient (Wildman–Crippen LogP) is 4.55. The summed E-state index contributed by atoms with van der Waals surface area (Å²) in [5.74, 6) is -1.47. The molecule has 0 aliphatic heterocycles. The van der Waals surface area contributed by atoms with Crippen molar-refractivity contribution in [2.45, 2.75) is 13.5 Å². The number of aryl methyl sites for hydroxylation is 1. The van der Waals surface area contributed by atoms with E-state index in [-0.39, 0.29) is 17.9 Å². The number of aromatic nitrogens is 1. The molecular weight excluding hydrogens is 363 g/mol. The number of amides is 1. The number of aromatic hydroxyl groups is 1. The first-order valence-electron chi connectivity index (χ1n) is 7.43. The van der Waals surface area contributed by atoms with E-state index in [1.807, 2.05) is 6.92 Å². The average molecular weight is 377 g/mol. The van der Waals surface area contributed by atoms with Crippen molar-refractivity contribution >= 4 is 29.0 Å². The summed E-state index contributed by atoms with van der Waals surface area (Å²) in [5.41, 5.74) is 1.72. The van der Waals surface area contributed by atoms with E-state index in [2.05, 4.69) is 9.69 Å². The second-order valence-corrected chi connectivity index (χ2v) is 6.73. The number of nitrogens with one attached hydrogen (secondary N) is 1. The van der Waals surface area contributed by atoms with E-state index in [1.165, 1.54) is 0 Å². The molecule has 0 saturated carbocycles. The van der Waals surface area contributed by atoms with Crippen LogP contribution in [0.2, 0.25) is 5.02 Å². The summed E-state index contributed by atoms with van der Waals surface area (Å²) in [6, 6.07) is 11.0. The van der Waals surface area contributed by atoms with Crippen molar-refractivity contribution < 1.29 is 14.3 Å². The third kappa shape index (κ3) is 3.97. The number of hydrogen-bond donors (Lipinski definition) is 2. The largest absolute Gasteiger partial charge is 0.507 e. The van der Waals surface area contributed by atoms with Crippen molar-refractivity contribution in [1.29, 1.82) is 0 Å². The van der Waals surface area contributed by atoms with Gasteiger partial charge in [-0.1, -0.05) is 23.7 Å². The van der Waals surface area contributed by atoms with Gasteiger partial charge in [-0.3, -0.25) is 4.79 Å². The number of halogens is 2. The van der Waals surface area contributed by atoms with E-state index < -0.39 is 11.7 Å². The summed E-state index contributed by atoms with van der Waals surface area (Å²) in [4.78, 5) is 12.9. The molecule has 2 N–H and O–H groups in total. The molecule has 0 unspecified atom stereocenters. The Hall–Kier alpha value is -2.44. The van der Waals surface area contributed by atoms with Crippen LogP contribution < -0.4 is 5.32 Å². The molecule has 2 aromatic carbocycles. The molecule has 0 atom stereocenters. The lowest BCUT2D eigenvalue weighted by Crippen LogP contribution is -2.23. The van der Waals surface area contributed by atoms with Crippen LogP contribution in [0.5, 0.6) is 5.75 Å². The lowest BCUT2D eigenvalue weighted by Gasteiger charge is -2.09. The number of phenols is 1. The fourth-order valence-corrected chi connectivity index (χ4v) is 3.21. The number of carbonyl (C=O) groups is 1. The van der Waals surface area contributed by atoms with Crippen LogP contribution in [0.1, 0.15) is 21.6 Å². The van der Waals surface area contributed by atoms with Crippen molar-refractivity contribution in [2.24, 2.45) is 0 Å². The Morgan fingerprint density at radius 3 is 2.64 bits per heavy atom. The Morgan fingerprint density at radius 2 is 2.00 bits per heavy atom. The van der Waals surface area contributed by atoms with E-state index in [4.69, 9.17) is 11.6 Å². The van der Waals surface area contributed by atoms with Gasteiger partial charge in [-0.05, 0) is 54.4 Å². The second-order valence-electron chi connectivity index (χ2n) is 5.49. The molecule has 0 aliphatic rings. The second kappa shape index (κ2) is 7.21. The zero-order chi connectivity index (χ0) is 18.0. The van der Waals surface area contributed by atoms with E-state index in [9.17, 15) is 14.3 Å². The summed E-state index contributed by atoms with van der Waals surface area (Å²) in [5, 5.41) is 13.4. The van der Waals surface area contributed by atoms with Gasteiger partial charge >= 0.3 is 0 Å². The van der Waals surface area contributed by atoms with Gasteiger partial charge in [0.2, 0.25) is 0 Å². The Bertz CT molecular complexity index is 925. The molecule has 0 aliphatic carbocycles. The third-order valence-corrected chi connectivity index (χ3v) is 4.76. The van der Waals surface area contributed by atoms with Crippen molar-refractivity contribution in [2.75, 3.05) is 0 Å². The molecule has 3 aromatic rings. The minimum absolute atomic E-state index is 0.165. The number of hydrogen-bond acceptors (Lipinski definition) is 4. The number of benzene rings is 2. The van der Waals surface area contributed by atoms with Gasteiger partial charge in [0, 0.05) is 17.1 Å². The van der Waals surface area contributed by atoms with Gasteiger partial charge in [0.15, 0.2) is 0 Å². The van der Waals surface area contributed by atoms with Crippen LogP contribution in [0.4, 0.5) is 4.39 Å². The molecule has 3 rings (SSSR count). The predicted molar refractivity (Wildman–Crippen MR) is 96.5 cm³/mol. The minimum atomic E-state index is -0.701. The van der Waals surface area contributed by atoms with Crippen molar-refractivity contribution in [3.63, 3.8) is 0 Å². The number of nitrogens with zero attached hydrogens (tertiary/aromatic N) is 1. The van der Waals surface area contributed by atoms with E-state index in [0.717, 1.165) is 34.9 Å². The highest BCUT2D eigenvalue weighted by Crippen LogP contribution is 2.34. The maximum absolute atomic E-state index is 14.3. The lowest BCUT2D eigenvalue weighted by molar-refractivity contribution is 0.0946. The molecule has 7 heteroatoms. The van der Waals surface area contributed by atoms with Gasteiger partial charge < -0.3 is 10.4 Å². The molecule has 1 amide bonds. The monoisotopic (exact) mass is 376 g/mol. The maximum Gasteiger partial charge on any atom is 0.254 e. The van der Waals surface area contributed by atoms with Crippen LogP contribution in [0.25, 0.3) is 10.4 Å². The summed E-state index contributed by atoms with van der Waals surface area (Å²) in [6.07, 6.45) is 0. The van der Waals surface area contributed by atoms with Gasteiger partial charge in [-0.15, -0.1) is 0 Å². The standard InChI is InChI=1S/C18H14ClFN2O2S/c1-10-6-17(25-22-10)14-7-15(20)13(8-16(14)23)18(24)21-9-11-2-4-12(19)5-3-11/h2-8,23H,9H2,1H3,(H,21,24). The SMILES string of the molecule is Cc1cc(-c2cc(F)c(C(=O)NCc3ccc(Cl)cc3)cc2O)sn1. The van der Waals surface area contributed by atoms with Gasteiger partial charge in [-0.2, -0.15) is 4.37 Å². The first-order valence-corrected chi connectivity index (χ1v) is 8.58. The van der Waals surface area contributed by atoms with Crippen LogP contribution in [-0.4, -0.2) is 15.4 Å². The van der Waals surface area contributed by atoms with Crippen LogP contribution >= 0.6 is 23.1 Å². The van der Waals surface area contributed by atoms with Crippen molar-refractivity contribution in [1.82, 2.24) is 9.69 Å². The fraction of sp³-hybridized carbons (Fsp3) is 0.111. The molecule has 1 heterocycles. The number of carbonyl (C=O) groups excluding carboxylic acids is 1. The quantitative estimate of drug-likeness (QED) is 0.702. The smallest absolute Gasteiger partial charge is 0.254 e. The Balaban J connectivity index is 1.78. The van der Waals surface area contributed by atoms with E-state index in [1.54, 1.807) is 30.3 Å². The Kier molecular flexibility index (Phi) is 5.01. The summed E-state index contributed by atoms with van der Waals surface area (Å²) < 4.78 is 18.5. The highest BCUT2D eigenvalue weighted by Gasteiger charge is 2.17. The van der Waals surface area contributed by atoms with Gasteiger partial charge in [0.05, 0.1) is 16.1 Å². The molecule has 25 heavy (non-hydrogen) atoms. The van der Waals surface area contributed by atoms with E-state index >= 15 is 0 Å². The van der Waals surface area contributed by atoms with Crippen molar-refractivity contribution in [3.8, 4) is 16.2 Å². The fourth-order valence-electron chi connectivity index (χ4n) is 2.30. The normalized spacial score (nSPS) is 10.7. The molecule has 128 valence electrons. The molecule has 0 radical (unpaired) electrons. The Morgan fingerprint density at radius 1 is 1.28 bits per heavy atom. The Labute approximate surface area is 153 Å². The van der Waals surface area contributed by atoms with Crippen LogP contribution in [-0.2, 0) is 6.54 Å². The van der Waals surface area contributed by atoms with Crippen molar-refractivity contribution in [3.05, 3.63) is 70.1 Å². The molecule has 0 saturated heterocycles. The molecule has 0 bridgehead atoms. The van der Waals surface area contributed by atoms with Crippen LogP contribution in [0.3, 0.4) is 0 Å². The lowest BCUT2D eigenvalue weighted by atomic mass is 10.1. The summed E-state index contributed by atoms with van der Waals surface area (Å²) >= 11 is 6.97. The number of rotatable bonds is 4. The van der Waals surface area contributed by atoms with Gasteiger partial charge in [-0.25, -0.2) is 4.39 Å². The highest BCUT2D eigenvalue weighted by molar-refractivity contribution is 7.09. The zero-order valence-corrected chi connectivity index (χ0v) is 14.8. The van der Waals surface area contributed by atoms with Crippen LogP contribution in [0, 0.1) is 12.7 Å². The maximum atomic E-state index is 14.3. The highest BCUT2D eigenvalue weighted by atomic mass is 35.5. The summed E-state index contributed by atoms with van der Waals surface area (Å²) in [7, 11) is 0. The van der Waals surface area contributed by atoms with Gasteiger partial charge in [0.25, 0.3) is 5.91 Å². The molecular formula is C18H14ClFN2O2S. The zero-order valence-electron chi connectivity index (χ0n) is 13.2. The molecule has 0 fully saturated rings. The number of phenolic OH excluding ortho intramolecular Hbond substituents is 1. The molecule has 1 aromatic heterocycles. The van der Waals surface area contributed by atoms with Gasteiger partial charge in [0.1, 0.15) is 11.6 Å². The first-order chi connectivity index (χ1) is 11.9. The third-order valence-electron chi connectivity index (χ3n) is 3.59. The topological polar surface area (TPSA) is 62.2 Å². The van der Waals surface area contributed by atoms with E-state index in [0.29, 0.717) is 15.5 Å². The first kappa shape index (κ1) is 17.4. The summed E-state index contributed by atoms with van der Waals surface area (Å²) in [6.45, 7) is 2.04.